The van der Waals surface area contributed by atoms with Gasteiger partial charge >= 0.3 is 6.03 Å². The molecule has 0 unspecified atom stereocenters. The molecule has 1 aliphatic rings. The summed E-state index contributed by atoms with van der Waals surface area (Å²) in [5, 5.41) is 3.03. The number of nitrogens with one attached hydrogen (secondary N) is 1. The highest BCUT2D eigenvalue weighted by Crippen LogP contribution is 2.27. The molecule has 204 valence electrons. The van der Waals surface area contributed by atoms with Crippen LogP contribution in [0.5, 0.6) is 0 Å². The first-order valence-corrected chi connectivity index (χ1v) is 13.8. The third-order valence-electron chi connectivity index (χ3n) is 6.13. The van der Waals surface area contributed by atoms with Crippen molar-refractivity contribution in [2.75, 3.05) is 25.5 Å². The first-order chi connectivity index (χ1) is 17.3. The van der Waals surface area contributed by atoms with Crippen LogP contribution in [0, 0.1) is 0 Å². The molecule has 0 atom stereocenters. The second kappa shape index (κ2) is 18.7. The van der Waals surface area contributed by atoms with E-state index in [0.717, 1.165) is 54.9 Å². The Hall–Kier alpha value is -2.56. The molecule has 1 aromatic rings. The second-order valence-corrected chi connectivity index (χ2v) is 8.88. The van der Waals surface area contributed by atoms with Gasteiger partial charge in [-0.15, -0.1) is 0 Å². The number of amides is 2. The third kappa shape index (κ3) is 11.0. The lowest BCUT2D eigenvalue weighted by Crippen LogP contribution is -2.46. The number of likely N-dealkylation sites (tertiary alicyclic amines) is 1. The van der Waals surface area contributed by atoms with E-state index in [9.17, 15) is 9.18 Å². The Morgan fingerprint density at radius 1 is 1.08 bits per heavy atom. The lowest BCUT2D eigenvalue weighted by molar-refractivity contribution is 0.160. The Morgan fingerprint density at radius 2 is 1.64 bits per heavy atom. The molecule has 1 fully saturated rings. The summed E-state index contributed by atoms with van der Waals surface area (Å²) in [6, 6.07) is 8.27. The van der Waals surface area contributed by atoms with Crippen LogP contribution < -0.4 is 5.32 Å². The molecular weight excluding hydrogens is 449 g/mol. The van der Waals surface area contributed by atoms with Gasteiger partial charge in [-0.1, -0.05) is 64.8 Å². The molecule has 0 spiro atoms. The smallest absolute Gasteiger partial charge is 0.321 e. The zero-order valence-corrected chi connectivity index (χ0v) is 24.7. The van der Waals surface area contributed by atoms with Gasteiger partial charge in [-0.2, -0.15) is 0 Å². The van der Waals surface area contributed by atoms with E-state index >= 15 is 0 Å². The highest BCUT2D eigenvalue weighted by atomic mass is 19.1. The van der Waals surface area contributed by atoms with Gasteiger partial charge in [0, 0.05) is 37.6 Å². The lowest BCUT2D eigenvalue weighted by atomic mass is 9.99. The highest BCUT2D eigenvalue weighted by molar-refractivity contribution is 5.89. The average Bonchev–Trinajstić information content (AvgIpc) is 2.90. The number of benzene rings is 1. The maximum absolute atomic E-state index is 13.6. The number of carbonyl (C=O) groups is 1. The monoisotopic (exact) mass is 501 g/mol. The van der Waals surface area contributed by atoms with Crippen LogP contribution in [0.2, 0.25) is 0 Å². The summed E-state index contributed by atoms with van der Waals surface area (Å²) >= 11 is 0. The van der Waals surface area contributed by atoms with Crippen molar-refractivity contribution in [3.8, 4) is 0 Å². The predicted octanol–water partition coefficient (Wildman–Crippen LogP) is 9.12. The molecule has 2 amide bonds. The van der Waals surface area contributed by atoms with Gasteiger partial charge in [0.2, 0.25) is 0 Å². The van der Waals surface area contributed by atoms with Crippen LogP contribution in [0.3, 0.4) is 0 Å². The first kappa shape index (κ1) is 33.4. The van der Waals surface area contributed by atoms with E-state index in [0.29, 0.717) is 0 Å². The van der Waals surface area contributed by atoms with Crippen LogP contribution >= 0.6 is 0 Å². The number of carbonyl (C=O) groups excluding carboxylic acids is 1. The van der Waals surface area contributed by atoms with Crippen molar-refractivity contribution < 1.29 is 9.18 Å². The van der Waals surface area contributed by atoms with Crippen LogP contribution in [0.25, 0.3) is 0 Å². The molecule has 1 saturated heterocycles. The number of halogens is 1. The summed E-state index contributed by atoms with van der Waals surface area (Å²) < 4.78 is 13.6. The van der Waals surface area contributed by atoms with Gasteiger partial charge in [-0.3, -0.25) is 0 Å². The molecule has 0 aromatic heterocycles. The zero-order chi connectivity index (χ0) is 27.7. The molecule has 0 aliphatic carbocycles. The second-order valence-electron chi connectivity index (χ2n) is 8.88. The highest BCUT2D eigenvalue weighted by Gasteiger charge is 2.27. The van der Waals surface area contributed by atoms with Crippen molar-refractivity contribution in [1.82, 2.24) is 9.80 Å². The summed E-state index contributed by atoms with van der Waals surface area (Å²) in [4.78, 5) is 16.9. The van der Waals surface area contributed by atoms with Crippen molar-refractivity contribution in [3.63, 3.8) is 0 Å². The Morgan fingerprint density at radius 3 is 2.08 bits per heavy atom. The molecule has 4 nitrogen and oxygen atoms in total. The largest absolute Gasteiger partial charge is 0.371 e. The molecular formula is C31H52FN3O. The van der Waals surface area contributed by atoms with Crippen molar-refractivity contribution in [1.29, 1.82) is 0 Å². The first-order valence-electron chi connectivity index (χ1n) is 13.8. The Labute approximate surface area is 221 Å². The van der Waals surface area contributed by atoms with Crippen molar-refractivity contribution in [2.45, 2.75) is 100 Å². The van der Waals surface area contributed by atoms with Gasteiger partial charge in [-0.05, 0) is 82.7 Å². The number of allylic oxidation sites excluding steroid dienone is 4. The van der Waals surface area contributed by atoms with Gasteiger partial charge in [-0.25, -0.2) is 9.18 Å². The maximum Gasteiger partial charge on any atom is 0.321 e. The molecule has 1 aromatic carbocycles. The van der Waals surface area contributed by atoms with E-state index in [1.54, 1.807) is 6.08 Å². The fraction of sp³-hybridized carbons (Fsp3) is 0.581. The topological polar surface area (TPSA) is 35.6 Å². The van der Waals surface area contributed by atoms with E-state index in [1.807, 2.05) is 72.5 Å². The van der Waals surface area contributed by atoms with Crippen LogP contribution in [-0.4, -0.2) is 42.0 Å². The van der Waals surface area contributed by atoms with Crippen molar-refractivity contribution in [2.24, 2.45) is 0 Å². The number of hydrogen-bond donors (Lipinski definition) is 1. The molecule has 2 rings (SSSR count). The standard InChI is InChI=1S/C27H40FN3O.2C2H6/c1-7-9-10-22-11-13-23(14-12-22)29-27(32)30(6)24-15-17-31(18-16-24)26(8-2)25(20(3)4)19-21(5)28;2*1-2/h8,11-14,19,24H,7,9-10,15-18H2,1-6H3,(H,29,32);2*1-2H3/b21-19+,26-8+;;. The molecule has 0 saturated carbocycles. The van der Waals surface area contributed by atoms with Crippen LogP contribution in [0.4, 0.5) is 14.9 Å². The number of urea groups is 1. The summed E-state index contributed by atoms with van der Waals surface area (Å²) in [5.74, 6) is -0.190. The lowest BCUT2D eigenvalue weighted by Gasteiger charge is -2.39. The molecule has 1 N–H and O–H groups in total. The van der Waals surface area contributed by atoms with Gasteiger partial charge in [0.15, 0.2) is 0 Å². The number of rotatable bonds is 8. The summed E-state index contributed by atoms with van der Waals surface area (Å²) in [6.07, 6.45) is 8.87. The fourth-order valence-corrected chi connectivity index (χ4v) is 4.19. The maximum atomic E-state index is 13.6. The van der Waals surface area contributed by atoms with Gasteiger partial charge < -0.3 is 15.1 Å². The number of unbranched alkanes of at least 4 members (excludes halogenated alkanes) is 1. The normalized spacial score (nSPS) is 14.1. The minimum absolute atomic E-state index is 0.0722. The van der Waals surface area contributed by atoms with Crippen LogP contribution in [0.15, 0.2) is 59.1 Å². The average molecular weight is 502 g/mol. The SMILES string of the molecule is C/C=C(\C(/C=C(\C)F)=C(C)C)N1CCC(N(C)C(=O)Nc2ccc(CCCC)cc2)CC1.CC.CC. The van der Waals surface area contributed by atoms with E-state index in [4.69, 9.17) is 0 Å². The predicted molar refractivity (Wildman–Crippen MR) is 156 cm³/mol. The molecule has 0 bridgehead atoms. The Bertz CT molecular complexity index is 839. The van der Waals surface area contributed by atoms with Gasteiger partial charge in [0.1, 0.15) is 0 Å². The molecule has 5 heteroatoms. The van der Waals surface area contributed by atoms with Gasteiger partial charge in [0.05, 0.1) is 5.83 Å². The third-order valence-corrected chi connectivity index (χ3v) is 6.13. The van der Waals surface area contributed by atoms with E-state index in [1.165, 1.54) is 25.3 Å². The van der Waals surface area contributed by atoms with Crippen molar-refractivity contribution >= 4 is 11.7 Å². The zero-order valence-electron chi connectivity index (χ0n) is 24.7. The molecule has 36 heavy (non-hydrogen) atoms. The van der Waals surface area contributed by atoms with E-state index in [-0.39, 0.29) is 17.9 Å². The van der Waals surface area contributed by atoms with Gasteiger partial charge in [0.25, 0.3) is 0 Å². The molecule has 1 heterocycles. The molecule has 0 radical (unpaired) electrons. The quantitative estimate of drug-likeness (QED) is 0.360. The number of anilines is 1. The summed E-state index contributed by atoms with van der Waals surface area (Å²) in [7, 11) is 1.87. The van der Waals surface area contributed by atoms with Crippen molar-refractivity contribution in [3.05, 3.63) is 64.7 Å². The van der Waals surface area contributed by atoms with Crippen LogP contribution in [0.1, 0.15) is 93.6 Å². The number of piperidine rings is 1. The van der Waals surface area contributed by atoms with Crippen LogP contribution in [-0.2, 0) is 6.42 Å². The molecule has 1 aliphatic heterocycles. The summed E-state index contributed by atoms with van der Waals surface area (Å²) in [6.45, 7) is 19.4. The fourth-order valence-electron chi connectivity index (χ4n) is 4.19. The minimum atomic E-state index is -0.190. The number of nitrogens with zero attached hydrogens (tertiary/aromatic N) is 2. The Kier molecular flexibility index (Phi) is 17.3. The Balaban J connectivity index is 0.00000291. The number of aryl methyl sites for hydroxylation is 1. The van der Waals surface area contributed by atoms with E-state index < -0.39 is 0 Å². The number of hydrogen-bond acceptors (Lipinski definition) is 2. The van der Waals surface area contributed by atoms with E-state index in [2.05, 4.69) is 35.3 Å². The summed E-state index contributed by atoms with van der Waals surface area (Å²) in [5.41, 5.74) is 5.24. The minimum Gasteiger partial charge on any atom is -0.371 e.